The van der Waals surface area contributed by atoms with Gasteiger partial charge in [0.05, 0.1) is 0 Å². The number of carbonyl (C=O) groups excluding carboxylic acids is 2. The third-order valence-electron chi connectivity index (χ3n) is 0.729. The first-order valence-electron chi connectivity index (χ1n) is 2.10. The van der Waals surface area contributed by atoms with Crippen LogP contribution in [0, 0.1) is 0 Å². The summed E-state index contributed by atoms with van der Waals surface area (Å²) in [4.78, 5) is 20.3. The van der Waals surface area contributed by atoms with Gasteiger partial charge in [-0.15, -0.1) is 0 Å². The van der Waals surface area contributed by atoms with Gasteiger partial charge in [-0.1, -0.05) is 0 Å². The maximum absolute atomic E-state index is 10.2. The van der Waals surface area contributed by atoms with Gasteiger partial charge >= 0.3 is 39.2 Å². The third-order valence-corrected chi connectivity index (χ3v) is 0.729. The van der Waals surface area contributed by atoms with Crippen molar-refractivity contribution in [1.82, 2.24) is 0 Å². The summed E-state index contributed by atoms with van der Waals surface area (Å²) in [5.74, 6) is -1.03. The van der Waals surface area contributed by atoms with Gasteiger partial charge in [0.1, 0.15) is 6.42 Å². The van der Waals surface area contributed by atoms with Gasteiger partial charge in [-0.25, -0.2) is 0 Å². The first-order chi connectivity index (χ1) is 3.79. The molecular weight excluding hydrogens is 319 g/mol. The summed E-state index contributed by atoms with van der Waals surface area (Å²) >= 11 is 0. The van der Waals surface area contributed by atoms with Crippen LogP contribution in [-0.2, 0) is 19.1 Å². The van der Waals surface area contributed by atoms with Crippen molar-refractivity contribution < 1.29 is 19.1 Å². The fourth-order valence-electron chi connectivity index (χ4n) is 0.381. The zero-order valence-electron chi connectivity index (χ0n) is 4.75. The Hall–Kier alpha value is -0.138. The van der Waals surface area contributed by atoms with Crippen LogP contribution in [0.5, 0.6) is 0 Å². The Bertz CT molecular complexity index is 119. The van der Waals surface area contributed by atoms with E-state index >= 15 is 0 Å². The monoisotopic (exact) mass is 326 g/mol. The Morgan fingerprint density at radius 1 is 1.11 bits per heavy atom. The van der Waals surface area contributed by atoms with E-state index in [0.717, 1.165) is 0 Å². The molecule has 0 aromatic rings. The average molecular weight is 325 g/mol. The summed E-state index contributed by atoms with van der Waals surface area (Å²) in [7, 11) is 0. The number of hydrogen-bond acceptors (Lipinski definition) is 4. The molecular formula is C4H6O4Pb. The zero-order chi connectivity index (χ0) is 5.98. The van der Waals surface area contributed by atoms with Gasteiger partial charge < -0.3 is 9.47 Å². The second-order valence-electron chi connectivity index (χ2n) is 1.33. The molecule has 1 fully saturated rings. The number of hydrogen-bond donors (Lipinski definition) is 0. The van der Waals surface area contributed by atoms with Crippen LogP contribution in [0.2, 0.25) is 0 Å². The number of ether oxygens (including phenoxy) is 2. The molecule has 1 aliphatic rings. The van der Waals surface area contributed by atoms with E-state index in [2.05, 4.69) is 9.47 Å². The topological polar surface area (TPSA) is 52.6 Å². The van der Waals surface area contributed by atoms with Crippen LogP contribution in [0.4, 0.5) is 0 Å². The van der Waals surface area contributed by atoms with Crippen molar-refractivity contribution in [2.24, 2.45) is 0 Å². The second kappa shape index (κ2) is 3.81. The molecule has 50 valence electrons. The SMILES string of the molecule is O=C1CC(=O)OCO1.[PbH2]. The number of cyclic esters (lactones) is 2. The molecule has 1 aliphatic heterocycles. The van der Waals surface area contributed by atoms with Crippen LogP contribution < -0.4 is 0 Å². The van der Waals surface area contributed by atoms with E-state index in [4.69, 9.17) is 0 Å². The predicted octanol–water partition coefficient (Wildman–Crippen LogP) is -1.48. The summed E-state index contributed by atoms with van der Waals surface area (Å²) < 4.78 is 8.53. The van der Waals surface area contributed by atoms with E-state index in [9.17, 15) is 9.59 Å². The van der Waals surface area contributed by atoms with Gasteiger partial charge in [0.15, 0.2) is 0 Å². The van der Waals surface area contributed by atoms with Gasteiger partial charge in [-0.3, -0.25) is 9.59 Å². The fourth-order valence-corrected chi connectivity index (χ4v) is 0.381. The fraction of sp³-hybridized carbons (Fsp3) is 0.500. The van der Waals surface area contributed by atoms with Crippen molar-refractivity contribution in [1.29, 1.82) is 0 Å². The molecule has 0 unspecified atom stereocenters. The first kappa shape index (κ1) is 8.86. The molecule has 0 amide bonds. The summed E-state index contributed by atoms with van der Waals surface area (Å²) in [6.45, 7) is -0.225. The Labute approximate surface area is 71.7 Å². The minimum atomic E-state index is -0.513. The van der Waals surface area contributed by atoms with Crippen LogP contribution in [0.15, 0.2) is 0 Å². The van der Waals surface area contributed by atoms with Gasteiger partial charge in [-0.05, 0) is 0 Å². The van der Waals surface area contributed by atoms with Crippen molar-refractivity contribution in [3.8, 4) is 0 Å². The normalized spacial score (nSPS) is 17.3. The molecule has 9 heavy (non-hydrogen) atoms. The average Bonchev–Trinajstić information content (AvgIpc) is 1.64. The number of carbonyl (C=O) groups is 2. The zero-order valence-corrected chi connectivity index (χ0v) is 10.3. The Kier molecular flexibility index (Phi) is 3.75. The molecule has 2 radical (unpaired) electrons. The van der Waals surface area contributed by atoms with Crippen LogP contribution in [-0.4, -0.2) is 46.0 Å². The molecule has 0 aromatic carbocycles. The summed E-state index contributed by atoms with van der Waals surface area (Å²) in [5, 5.41) is 0. The van der Waals surface area contributed by atoms with E-state index in [1.165, 1.54) is 0 Å². The van der Waals surface area contributed by atoms with Crippen molar-refractivity contribution in [3.05, 3.63) is 0 Å². The van der Waals surface area contributed by atoms with Gasteiger partial charge in [0.2, 0.25) is 6.79 Å². The Balaban J connectivity index is 0.000000640. The molecule has 0 aliphatic carbocycles. The third kappa shape index (κ3) is 2.78. The number of esters is 2. The molecule has 1 saturated heterocycles. The van der Waals surface area contributed by atoms with Crippen LogP contribution in [0.1, 0.15) is 6.42 Å². The van der Waals surface area contributed by atoms with E-state index < -0.39 is 11.9 Å². The van der Waals surface area contributed by atoms with Gasteiger partial charge in [0, 0.05) is 0 Å². The molecule has 0 saturated carbocycles. The predicted molar refractivity (Wildman–Crippen MR) is 30.2 cm³/mol. The van der Waals surface area contributed by atoms with Crippen molar-refractivity contribution in [3.63, 3.8) is 0 Å². The molecule has 1 heterocycles. The summed E-state index contributed by atoms with van der Waals surface area (Å²) in [5.41, 5.74) is 0. The van der Waals surface area contributed by atoms with E-state index in [1.54, 1.807) is 0 Å². The quantitative estimate of drug-likeness (QED) is 0.310. The number of rotatable bonds is 0. The molecule has 5 heteroatoms. The first-order valence-corrected chi connectivity index (χ1v) is 2.10. The molecule has 4 nitrogen and oxygen atoms in total. The van der Waals surface area contributed by atoms with Gasteiger partial charge in [0.25, 0.3) is 0 Å². The van der Waals surface area contributed by atoms with Crippen molar-refractivity contribution in [2.75, 3.05) is 6.79 Å². The van der Waals surface area contributed by atoms with Crippen LogP contribution in [0.25, 0.3) is 0 Å². The molecule has 0 bridgehead atoms. The molecule has 1 rings (SSSR count). The Morgan fingerprint density at radius 3 is 1.78 bits per heavy atom. The second-order valence-corrected chi connectivity index (χ2v) is 1.33. The van der Waals surface area contributed by atoms with E-state index in [1.807, 2.05) is 0 Å². The van der Waals surface area contributed by atoms with Crippen molar-refractivity contribution in [2.45, 2.75) is 6.42 Å². The molecule has 0 aromatic heterocycles. The molecule has 0 N–H and O–H groups in total. The van der Waals surface area contributed by atoms with E-state index in [-0.39, 0.29) is 40.5 Å². The molecule has 0 spiro atoms. The van der Waals surface area contributed by atoms with Crippen LogP contribution in [0.3, 0.4) is 0 Å². The molecule has 0 atom stereocenters. The summed E-state index contributed by atoms with van der Waals surface area (Å²) in [6.07, 6.45) is -0.250. The summed E-state index contributed by atoms with van der Waals surface area (Å²) in [6, 6.07) is 0. The van der Waals surface area contributed by atoms with Crippen molar-refractivity contribution >= 4 is 39.2 Å². The minimum absolute atomic E-state index is 0. The Morgan fingerprint density at radius 2 is 1.56 bits per heavy atom. The van der Waals surface area contributed by atoms with Gasteiger partial charge in [-0.2, -0.15) is 0 Å². The van der Waals surface area contributed by atoms with E-state index in [0.29, 0.717) is 0 Å². The standard InChI is InChI=1S/C4H4O4.Pb.2H/c5-3-1-4(6)8-2-7-3;;;/h1-2H2;;;. The van der Waals surface area contributed by atoms with Crippen LogP contribution >= 0.6 is 0 Å². The maximum atomic E-state index is 10.2.